The van der Waals surface area contributed by atoms with Gasteiger partial charge in [-0.1, -0.05) is 13.8 Å². The average molecular weight is 328 g/mol. The Hall–Kier alpha value is -1.23. The summed E-state index contributed by atoms with van der Waals surface area (Å²) in [6, 6.07) is 4.00. The molecule has 0 aromatic heterocycles. The third-order valence-corrected chi connectivity index (χ3v) is 4.57. The Bertz CT molecular complexity index is 540. The Kier molecular flexibility index (Phi) is 3.76. The maximum atomic E-state index is 13.3. The lowest BCUT2D eigenvalue weighted by atomic mass is 9.81. The van der Waals surface area contributed by atoms with Gasteiger partial charge in [-0.3, -0.25) is 9.59 Å². The quantitative estimate of drug-likeness (QED) is 0.794. The number of carbonyl (C=O) groups is 2. The Balaban J connectivity index is 2.49. The first kappa shape index (κ1) is 14.2. The maximum Gasteiger partial charge on any atom is 0.240 e. The second-order valence-electron chi connectivity index (χ2n) is 4.79. The van der Waals surface area contributed by atoms with Gasteiger partial charge in [0.1, 0.15) is 5.82 Å². The zero-order valence-electron chi connectivity index (χ0n) is 10.9. The van der Waals surface area contributed by atoms with E-state index in [1.165, 1.54) is 18.2 Å². The van der Waals surface area contributed by atoms with E-state index in [1.807, 2.05) is 13.8 Å². The lowest BCUT2D eigenvalue weighted by Gasteiger charge is -2.24. The molecule has 1 aromatic carbocycles. The fourth-order valence-electron chi connectivity index (χ4n) is 2.50. The number of carbonyl (C=O) groups excluding carboxylic acids is 2. The van der Waals surface area contributed by atoms with Crippen molar-refractivity contribution >= 4 is 33.4 Å². The molecule has 0 unspecified atom stereocenters. The Labute approximate surface area is 119 Å². The third-order valence-electron chi connectivity index (χ3n) is 3.90. The van der Waals surface area contributed by atoms with Crippen LogP contribution in [0, 0.1) is 11.2 Å². The van der Waals surface area contributed by atoms with Gasteiger partial charge in [0.2, 0.25) is 11.8 Å². The monoisotopic (exact) mass is 327 g/mol. The molecule has 0 saturated carbocycles. The van der Waals surface area contributed by atoms with E-state index in [0.717, 1.165) is 4.90 Å². The Morgan fingerprint density at radius 2 is 1.95 bits per heavy atom. The predicted molar refractivity (Wildman–Crippen MR) is 74.2 cm³/mol. The van der Waals surface area contributed by atoms with E-state index in [9.17, 15) is 14.0 Å². The van der Waals surface area contributed by atoms with E-state index in [1.54, 1.807) is 0 Å². The molecule has 102 valence electrons. The molecule has 0 aliphatic carbocycles. The minimum absolute atomic E-state index is 0.196. The number of halogens is 2. The van der Waals surface area contributed by atoms with Crippen molar-refractivity contribution < 1.29 is 14.0 Å². The lowest BCUT2D eigenvalue weighted by Crippen LogP contribution is -2.35. The molecule has 1 fully saturated rings. The molecule has 0 spiro atoms. The van der Waals surface area contributed by atoms with Gasteiger partial charge in [0, 0.05) is 10.9 Å². The van der Waals surface area contributed by atoms with Crippen molar-refractivity contribution in [1.29, 1.82) is 0 Å². The molecule has 19 heavy (non-hydrogen) atoms. The molecule has 0 radical (unpaired) electrons. The van der Waals surface area contributed by atoms with Gasteiger partial charge >= 0.3 is 0 Å². The van der Waals surface area contributed by atoms with Crippen LogP contribution in [-0.2, 0) is 9.59 Å². The fraction of sp³-hybridized carbons (Fsp3) is 0.429. The highest BCUT2D eigenvalue weighted by Crippen LogP contribution is 2.42. The van der Waals surface area contributed by atoms with Crippen LogP contribution in [0.5, 0.6) is 0 Å². The van der Waals surface area contributed by atoms with Gasteiger partial charge < -0.3 is 0 Å². The smallest absolute Gasteiger partial charge is 0.240 e. The molecule has 2 amide bonds. The van der Waals surface area contributed by atoms with E-state index in [4.69, 9.17) is 0 Å². The minimum atomic E-state index is -0.636. The number of anilines is 1. The zero-order chi connectivity index (χ0) is 14.2. The maximum absolute atomic E-state index is 13.3. The minimum Gasteiger partial charge on any atom is -0.274 e. The van der Waals surface area contributed by atoms with Crippen LogP contribution in [0.4, 0.5) is 10.1 Å². The van der Waals surface area contributed by atoms with Crippen molar-refractivity contribution in [3.63, 3.8) is 0 Å². The van der Waals surface area contributed by atoms with Gasteiger partial charge in [-0.2, -0.15) is 0 Å². The second-order valence-corrected chi connectivity index (χ2v) is 5.65. The van der Waals surface area contributed by atoms with Crippen molar-refractivity contribution in [1.82, 2.24) is 0 Å². The first-order chi connectivity index (χ1) is 8.95. The van der Waals surface area contributed by atoms with Crippen LogP contribution in [0.25, 0.3) is 0 Å². The standard InChI is InChI=1S/C14H15BrFNO2/c1-3-14(4-2)8-12(18)17(13(14)19)11-7-9(16)5-6-10(11)15/h5-7H,3-4,8H2,1-2H3. The van der Waals surface area contributed by atoms with Crippen LogP contribution in [-0.4, -0.2) is 11.8 Å². The largest absolute Gasteiger partial charge is 0.274 e. The van der Waals surface area contributed by atoms with E-state index < -0.39 is 11.2 Å². The van der Waals surface area contributed by atoms with Crippen LogP contribution >= 0.6 is 15.9 Å². The van der Waals surface area contributed by atoms with Crippen LogP contribution in [0.1, 0.15) is 33.1 Å². The molecule has 1 aliphatic heterocycles. The molecule has 1 aromatic rings. The summed E-state index contributed by atoms with van der Waals surface area (Å²) < 4.78 is 13.9. The summed E-state index contributed by atoms with van der Waals surface area (Å²) in [7, 11) is 0. The van der Waals surface area contributed by atoms with Gasteiger partial charge in [-0.25, -0.2) is 9.29 Å². The molecular weight excluding hydrogens is 313 g/mol. The van der Waals surface area contributed by atoms with E-state index in [2.05, 4.69) is 15.9 Å². The molecule has 1 saturated heterocycles. The topological polar surface area (TPSA) is 37.4 Å². The van der Waals surface area contributed by atoms with Crippen LogP contribution < -0.4 is 4.90 Å². The summed E-state index contributed by atoms with van der Waals surface area (Å²) in [6.07, 6.45) is 1.41. The van der Waals surface area contributed by atoms with E-state index >= 15 is 0 Å². The fourth-order valence-corrected chi connectivity index (χ4v) is 2.92. The number of amides is 2. The molecule has 5 heteroatoms. The predicted octanol–water partition coefficient (Wildman–Crippen LogP) is 3.66. The molecule has 1 aliphatic rings. The molecular formula is C14H15BrFNO2. The molecule has 1 heterocycles. The Morgan fingerprint density at radius 3 is 2.47 bits per heavy atom. The van der Waals surface area contributed by atoms with E-state index in [-0.39, 0.29) is 18.2 Å². The summed E-state index contributed by atoms with van der Waals surface area (Å²) in [5.41, 5.74) is -0.346. The third kappa shape index (κ3) is 2.20. The highest BCUT2D eigenvalue weighted by Gasteiger charge is 2.50. The van der Waals surface area contributed by atoms with Gasteiger partial charge in [0.05, 0.1) is 11.1 Å². The van der Waals surface area contributed by atoms with Crippen molar-refractivity contribution in [2.24, 2.45) is 5.41 Å². The number of hydrogen-bond acceptors (Lipinski definition) is 2. The summed E-state index contributed by atoms with van der Waals surface area (Å²) >= 11 is 3.26. The highest BCUT2D eigenvalue weighted by molar-refractivity contribution is 9.10. The molecule has 0 N–H and O–H groups in total. The van der Waals surface area contributed by atoms with Crippen LogP contribution in [0.15, 0.2) is 22.7 Å². The van der Waals surface area contributed by atoms with Gasteiger partial charge in [-0.05, 0) is 47.0 Å². The SMILES string of the molecule is CCC1(CC)CC(=O)N(c2cc(F)ccc2Br)C1=O. The van der Waals surface area contributed by atoms with Crippen molar-refractivity contribution in [2.45, 2.75) is 33.1 Å². The van der Waals surface area contributed by atoms with Crippen molar-refractivity contribution in [3.8, 4) is 0 Å². The lowest BCUT2D eigenvalue weighted by molar-refractivity contribution is -0.126. The summed E-state index contributed by atoms with van der Waals surface area (Å²) in [5, 5.41) is 0. The summed E-state index contributed by atoms with van der Waals surface area (Å²) in [6.45, 7) is 3.80. The number of nitrogens with zero attached hydrogens (tertiary/aromatic N) is 1. The second kappa shape index (κ2) is 5.04. The van der Waals surface area contributed by atoms with Gasteiger partial charge in [-0.15, -0.1) is 0 Å². The number of imide groups is 1. The van der Waals surface area contributed by atoms with E-state index in [0.29, 0.717) is 23.0 Å². The van der Waals surface area contributed by atoms with Gasteiger partial charge in [0.15, 0.2) is 0 Å². The number of hydrogen-bond donors (Lipinski definition) is 0. The number of rotatable bonds is 3. The average Bonchev–Trinajstić information content (AvgIpc) is 2.64. The van der Waals surface area contributed by atoms with Crippen molar-refractivity contribution in [3.05, 3.63) is 28.5 Å². The Morgan fingerprint density at radius 1 is 1.32 bits per heavy atom. The van der Waals surface area contributed by atoms with Crippen LogP contribution in [0.2, 0.25) is 0 Å². The number of benzene rings is 1. The summed E-state index contributed by atoms with van der Waals surface area (Å²) in [5.74, 6) is -0.960. The first-order valence-corrected chi connectivity index (χ1v) is 7.07. The first-order valence-electron chi connectivity index (χ1n) is 6.27. The zero-order valence-corrected chi connectivity index (χ0v) is 12.5. The van der Waals surface area contributed by atoms with Crippen molar-refractivity contribution in [2.75, 3.05) is 4.90 Å². The molecule has 0 bridgehead atoms. The molecule has 2 rings (SSSR count). The molecule has 0 atom stereocenters. The van der Waals surface area contributed by atoms with Gasteiger partial charge in [0.25, 0.3) is 0 Å². The highest BCUT2D eigenvalue weighted by atomic mass is 79.9. The normalized spacial score (nSPS) is 18.2. The van der Waals surface area contributed by atoms with Crippen LogP contribution in [0.3, 0.4) is 0 Å². The molecule has 3 nitrogen and oxygen atoms in total. The summed E-state index contributed by atoms with van der Waals surface area (Å²) in [4.78, 5) is 25.8.